The topological polar surface area (TPSA) is 46.5 Å². The van der Waals surface area contributed by atoms with Crippen molar-refractivity contribution in [1.82, 2.24) is 0 Å². The molecule has 1 heterocycles. The van der Waals surface area contributed by atoms with Gasteiger partial charge in [0, 0.05) is 0 Å². The lowest BCUT2D eigenvalue weighted by Gasteiger charge is -2.03. The number of carbonyl (C=O) groups is 1. The molecule has 0 saturated carbocycles. The summed E-state index contributed by atoms with van der Waals surface area (Å²) in [6, 6.07) is 1.52. The molecule has 0 aromatic carbocycles. The highest BCUT2D eigenvalue weighted by Crippen LogP contribution is 2.33. The Balaban J connectivity index is 2.98. The predicted octanol–water partition coefficient (Wildman–Crippen LogP) is 2.63. The van der Waals surface area contributed by atoms with Crippen LogP contribution in [0.2, 0.25) is 5.02 Å². The second-order valence-corrected chi connectivity index (χ2v) is 4.23. The van der Waals surface area contributed by atoms with Crippen LogP contribution < -0.4 is 0 Å². The number of esters is 1. The Bertz CT molecular complexity index is 335. The summed E-state index contributed by atoms with van der Waals surface area (Å²) in [5.74, 6) is -0.425. The van der Waals surface area contributed by atoms with Crippen molar-refractivity contribution in [2.45, 2.75) is 19.4 Å². The number of methoxy groups -OCH3 is 1. The summed E-state index contributed by atoms with van der Waals surface area (Å²) in [5, 5.41) is 9.97. The van der Waals surface area contributed by atoms with Gasteiger partial charge in [-0.1, -0.05) is 18.5 Å². The molecule has 1 aromatic heterocycles. The minimum absolute atomic E-state index is 0.417. The lowest BCUT2D eigenvalue weighted by molar-refractivity contribution is 0.0606. The van der Waals surface area contributed by atoms with Crippen molar-refractivity contribution in [3.63, 3.8) is 0 Å². The highest BCUT2D eigenvalue weighted by Gasteiger charge is 2.17. The summed E-state index contributed by atoms with van der Waals surface area (Å²) in [6.07, 6.45) is -0.0354. The summed E-state index contributed by atoms with van der Waals surface area (Å²) >= 11 is 7.03. The van der Waals surface area contributed by atoms with Crippen LogP contribution >= 0.6 is 22.9 Å². The standard InChI is InChI=1S/C9H11ClO3S/c1-3-6(11)8-5(10)4-7(14-8)9(12)13-2/h4,6,11H,3H2,1-2H3/t6-/m1/s1. The molecule has 0 aliphatic heterocycles. The third kappa shape index (κ3) is 2.26. The van der Waals surface area contributed by atoms with Gasteiger partial charge < -0.3 is 9.84 Å². The number of thiophene rings is 1. The Morgan fingerprint density at radius 3 is 2.93 bits per heavy atom. The van der Waals surface area contributed by atoms with Gasteiger partial charge in [-0.05, 0) is 12.5 Å². The van der Waals surface area contributed by atoms with E-state index in [-0.39, 0.29) is 0 Å². The van der Waals surface area contributed by atoms with Crippen LogP contribution in [0.3, 0.4) is 0 Å². The first-order valence-electron chi connectivity index (χ1n) is 4.15. The molecule has 0 radical (unpaired) electrons. The second kappa shape index (κ2) is 4.77. The Hall–Kier alpha value is -0.580. The number of hydrogen-bond donors (Lipinski definition) is 1. The zero-order chi connectivity index (χ0) is 10.7. The largest absolute Gasteiger partial charge is 0.465 e. The SMILES string of the molecule is CC[C@@H](O)c1sc(C(=O)OC)cc1Cl. The van der Waals surface area contributed by atoms with Crippen molar-refractivity contribution in [3.8, 4) is 0 Å². The molecule has 0 amide bonds. The maximum atomic E-state index is 11.1. The molecule has 78 valence electrons. The predicted molar refractivity (Wildman–Crippen MR) is 55.9 cm³/mol. The van der Waals surface area contributed by atoms with Gasteiger partial charge in [0.05, 0.1) is 23.1 Å². The molecular weight excluding hydrogens is 224 g/mol. The van der Waals surface area contributed by atoms with Gasteiger partial charge in [-0.2, -0.15) is 0 Å². The molecule has 0 unspecified atom stereocenters. The molecule has 1 atom stereocenters. The Labute approximate surface area is 91.3 Å². The van der Waals surface area contributed by atoms with Crippen LogP contribution in [0, 0.1) is 0 Å². The Kier molecular flexibility index (Phi) is 3.92. The van der Waals surface area contributed by atoms with E-state index in [0.717, 1.165) is 0 Å². The van der Waals surface area contributed by atoms with Crippen LogP contribution in [0.25, 0.3) is 0 Å². The van der Waals surface area contributed by atoms with Crippen molar-refractivity contribution in [1.29, 1.82) is 0 Å². The van der Waals surface area contributed by atoms with E-state index in [2.05, 4.69) is 4.74 Å². The number of aliphatic hydroxyl groups excluding tert-OH is 1. The van der Waals surface area contributed by atoms with Crippen molar-refractivity contribution in [2.75, 3.05) is 7.11 Å². The fourth-order valence-electron chi connectivity index (χ4n) is 0.997. The minimum atomic E-state index is -0.606. The van der Waals surface area contributed by atoms with Gasteiger partial charge in [0.2, 0.25) is 0 Å². The van der Waals surface area contributed by atoms with E-state index in [4.69, 9.17) is 11.6 Å². The summed E-state index contributed by atoms with van der Waals surface area (Å²) in [7, 11) is 1.31. The first-order chi connectivity index (χ1) is 6.60. The maximum absolute atomic E-state index is 11.1. The number of aliphatic hydroxyl groups is 1. The average Bonchev–Trinajstić information content (AvgIpc) is 2.58. The molecule has 0 spiro atoms. The zero-order valence-corrected chi connectivity index (χ0v) is 9.48. The molecule has 1 rings (SSSR count). The lowest BCUT2D eigenvalue weighted by atomic mass is 10.2. The summed E-state index contributed by atoms with van der Waals surface area (Å²) in [4.78, 5) is 12.2. The van der Waals surface area contributed by atoms with E-state index in [1.165, 1.54) is 24.5 Å². The van der Waals surface area contributed by atoms with Gasteiger partial charge in [-0.3, -0.25) is 0 Å². The van der Waals surface area contributed by atoms with Crippen LogP contribution in [-0.2, 0) is 4.74 Å². The van der Waals surface area contributed by atoms with Crippen molar-refractivity contribution in [2.24, 2.45) is 0 Å². The number of carbonyl (C=O) groups excluding carboxylic acids is 1. The van der Waals surface area contributed by atoms with Gasteiger partial charge in [-0.15, -0.1) is 11.3 Å². The van der Waals surface area contributed by atoms with E-state index in [0.29, 0.717) is 21.2 Å². The molecule has 1 N–H and O–H groups in total. The molecule has 0 bridgehead atoms. The number of rotatable bonds is 3. The average molecular weight is 235 g/mol. The highest BCUT2D eigenvalue weighted by atomic mass is 35.5. The Morgan fingerprint density at radius 2 is 2.43 bits per heavy atom. The molecule has 3 nitrogen and oxygen atoms in total. The van der Waals surface area contributed by atoms with Crippen LogP contribution in [0.5, 0.6) is 0 Å². The molecule has 14 heavy (non-hydrogen) atoms. The summed E-state index contributed by atoms with van der Waals surface area (Å²) in [6.45, 7) is 1.85. The molecule has 5 heteroatoms. The molecule has 1 aromatic rings. The van der Waals surface area contributed by atoms with E-state index >= 15 is 0 Å². The number of ether oxygens (including phenoxy) is 1. The van der Waals surface area contributed by atoms with Gasteiger partial charge >= 0.3 is 5.97 Å². The molecular formula is C9H11ClO3S. The van der Waals surface area contributed by atoms with Gasteiger partial charge in [0.1, 0.15) is 4.88 Å². The third-order valence-corrected chi connectivity index (χ3v) is 3.43. The van der Waals surface area contributed by atoms with E-state index < -0.39 is 12.1 Å². The molecule has 0 fully saturated rings. The van der Waals surface area contributed by atoms with Crippen LogP contribution in [0.1, 0.15) is 34.0 Å². The molecule has 0 aliphatic carbocycles. The van der Waals surface area contributed by atoms with Crippen LogP contribution in [0.15, 0.2) is 6.07 Å². The smallest absolute Gasteiger partial charge is 0.348 e. The highest BCUT2D eigenvalue weighted by molar-refractivity contribution is 7.14. The van der Waals surface area contributed by atoms with Gasteiger partial charge in [0.15, 0.2) is 0 Å². The quantitative estimate of drug-likeness (QED) is 0.818. The fraction of sp³-hybridized carbons (Fsp3) is 0.444. The first-order valence-corrected chi connectivity index (χ1v) is 5.35. The first kappa shape index (κ1) is 11.5. The molecule has 0 saturated heterocycles. The summed E-state index contributed by atoms with van der Waals surface area (Å²) < 4.78 is 4.55. The van der Waals surface area contributed by atoms with E-state index in [9.17, 15) is 9.90 Å². The normalized spacial score (nSPS) is 12.6. The number of halogens is 1. The van der Waals surface area contributed by atoms with Gasteiger partial charge in [0.25, 0.3) is 0 Å². The van der Waals surface area contributed by atoms with E-state index in [1.807, 2.05) is 6.92 Å². The third-order valence-electron chi connectivity index (χ3n) is 1.79. The fourth-order valence-corrected chi connectivity index (χ4v) is 2.45. The van der Waals surface area contributed by atoms with E-state index in [1.54, 1.807) is 0 Å². The molecule has 0 aliphatic rings. The lowest BCUT2D eigenvalue weighted by Crippen LogP contribution is -1.97. The monoisotopic (exact) mass is 234 g/mol. The number of hydrogen-bond acceptors (Lipinski definition) is 4. The van der Waals surface area contributed by atoms with Crippen molar-refractivity contribution >= 4 is 28.9 Å². The zero-order valence-electron chi connectivity index (χ0n) is 7.91. The Morgan fingerprint density at radius 1 is 1.79 bits per heavy atom. The summed E-state index contributed by atoms with van der Waals surface area (Å²) in [5.41, 5.74) is 0. The minimum Gasteiger partial charge on any atom is -0.465 e. The van der Waals surface area contributed by atoms with Crippen LogP contribution in [-0.4, -0.2) is 18.2 Å². The van der Waals surface area contributed by atoms with Gasteiger partial charge in [-0.25, -0.2) is 4.79 Å². The van der Waals surface area contributed by atoms with Crippen molar-refractivity contribution in [3.05, 3.63) is 20.8 Å². The van der Waals surface area contributed by atoms with Crippen LogP contribution in [0.4, 0.5) is 0 Å². The van der Waals surface area contributed by atoms with Crippen molar-refractivity contribution < 1.29 is 14.6 Å². The maximum Gasteiger partial charge on any atom is 0.348 e. The second-order valence-electron chi connectivity index (χ2n) is 2.74.